The summed E-state index contributed by atoms with van der Waals surface area (Å²) in [6.45, 7) is 1.05. The lowest BCUT2D eigenvalue weighted by atomic mass is 9.85. The fourth-order valence-corrected chi connectivity index (χ4v) is 5.39. The zero-order chi connectivity index (χ0) is 14.7. The standard InChI is InChI=1S/C17H28N2OS/c1-18-11-13-9-6-10-14-15(13)19-17(21-14)16(20-2)12-7-4-3-5-8-12/h12-13,16,18H,3-11H2,1-2H3. The van der Waals surface area contributed by atoms with E-state index in [1.807, 2.05) is 25.5 Å². The summed E-state index contributed by atoms with van der Waals surface area (Å²) >= 11 is 1.93. The Bertz CT molecular complexity index is 454. The normalized spacial score (nSPS) is 24.8. The Morgan fingerprint density at radius 3 is 2.76 bits per heavy atom. The molecule has 1 saturated carbocycles. The minimum atomic E-state index is 0.233. The SMILES string of the molecule is CNCC1CCCc2sc(C(OC)C3CCCCC3)nc21. The number of likely N-dealkylation sites (N-methyl/N-ethyl adjacent to an activating group) is 1. The van der Waals surface area contributed by atoms with E-state index >= 15 is 0 Å². The highest BCUT2D eigenvalue weighted by Gasteiger charge is 2.31. The molecule has 118 valence electrons. The van der Waals surface area contributed by atoms with Gasteiger partial charge in [0.05, 0.1) is 5.69 Å². The molecule has 2 aliphatic rings. The third kappa shape index (κ3) is 3.33. The maximum atomic E-state index is 5.88. The summed E-state index contributed by atoms with van der Waals surface area (Å²) in [5, 5.41) is 4.58. The average Bonchev–Trinajstić information content (AvgIpc) is 2.94. The topological polar surface area (TPSA) is 34.1 Å². The molecule has 3 rings (SSSR count). The van der Waals surface area contributed by atoms with Crippen LogP contribution >= 0.6 is 11.3 Å². The summed E-state index contributed by atoms with van der Waals surface area (Å²) in [7, 11) is 3.91. The zero-order valence-corrected chi connectivity index (χ0v) is 14.2. The highest BCUT2D eigenvalue weighted by atomic mass is 32.1. The summed E-state index contributed by atoms with van der Waals surface area (Å²) in [5.74, 6) is 1.28. The van der Waals surface area contributed by atoms with E-state index in [9.17, 15) is 0 Å². The van der Waals surface area contributed by atoms with Gasteiger partial charge < -0.3 is 10.1 Å². The Morgan fingerprint density at radius 2 is 2.05 bits per heavy atom. The number of hydrogen-bond donors (Lipinski definition) is 1. The molecule has 1 heterocycles. The molecule has 2 atom stereocenters. The highest BCUT2D eigenvalue weighted by molar-refractivity contribution is 7.11. The molecule has 0 aliphatic heterocycles. The monoisotopic (exact) mass is 308 g/mol. The minimum absolute atomic E-state index is 0.233. The van der Waals surface area contributed by atoms with Crippen LogP contribution in [0.25, 0.3) is 0 Å². The number of fused-ring (bicyclic) bond motifs is 1. The van der Waals surface area contributed by atoms with Crippen LogP contribution in [0.15, 0.2) is 0 Å². The molecule has 4 heteroatoms. The summed E-state index contributed by atoms with van der Waals surface area (Å²) < 4.78 is 5.88. The molecule has 1 aromatic rings. The van der Waals surface area contributed by atoms with Gasteiger partial charge in [0.2, 0.25) is 0 Å². The van der Waals surface area contributed by atoms with Crippen LogP contribution in [0.4, 0.5) is 0 Å². The van der Waals surface area contributed by atoms with Crippen molar-refractivity contribution in [1.82, 2.24) is 10.3 Å². The lowest BCUT2D eigenvalue weighted by Crippen LogP contribution is -2.21. The molecule has 0 radical (unpaired) electrons. The molecule has 2 unspecified atom stereocenters. The number of rotatable bonds is 5. The Balaban J connectivity index is 1.81. The van der Waals surface area contributed by atoms with Crippen molar-refractivity contribution in [2.24, 2.45) is 5.92 Å². The van der Waals surface area contributed by atoms with Gasteiger partial charge in [-0.05, 0) is 45.1 Å². The summed E-state index contributed by atoms with van der Waals surface area (Å²) in [6, 6.07) is 0. The lowest BCUT2D eigenvalue weighted by Gasteiger charge is -2.27. The fourth-order valence-electron chi connectivity index (χ4n) is 4.02. The van der Waals surface area contributed by atoms with Gasteiger partial charge in [0.25, 0.3) is 0 Å². The molecule has 1 fully saturated rings. The van der Waals surface area contributed by atoms with Crippen LogP contribution in [0, 0.1) is 5.92 Å². The number of hydrogen-bond acceptors (Lipinski definition) is 4. The quantitative estimate of drug-likeness (QED) is 0.891. The van der Waals surface area contributed by atoms with Crippen LogP contribution in [0.1, 0.15) is 72.5 Å². The maximum Gasteiger partial charge on any atom is 0.122 e. The number of aryl methyl sites for hydroxylation is 1. The number of nitrogens with zero attached hydrogens (tertiary/aromatic N) is 1. The molecular weight excluding hydrogens is 280 g/mol. The van der Waals surface area contributed by atoms with Crippen molar-refractivity contribution >= 4 is 11.3 Å². The van der Waals surface area contributed by atoms with Gasteiger partial charge in [-0.25, -0.2) is 4.98 Å². The van der Waals surface area contributed by atoms with Gasteiger partial charge in [0.15, 0.2) is 0 Å². The van der Waals surface area contributed by atoms with Crippen molar-refractivity contribution in [3.63, 3.8) is 0 Å². The zero-order valence-electron chi connectivity index (χ0n) is 13.4. The van der Waals surface area contributed by atoms with Crippen molar-refractivity contribution < 1.29 is 4.74 Å². The van der Waals surface area contributed by atoms with Crippen LogP contribution < -0.4 is 5.32 Å². The number of methoxy groups -OCH3 is 1. The van der Waals surface area contributed by atoms with E-state index < -0.39 is 0 Å². The molecule has 3 nitrogen and oxygen atoms in total. The van der Waals surface area contributed by atoms with Crippen molar-refractivity contribution in [2.45, 2.75) is 63.4 Å². The summed E-state index contributed by atoms with van der Waals surface area (Å²) in [5.41, 5.74) is 1.37. The van der Waals surface area contributed by atoms with E-state index in [0.29, 0.717) is 11.8 Å². The molecule has 1 aromatic heterocycles. The number of aromatic nitrogens is 1. The largest absolute Gasteiger partial charge is 0.374 e. The first-order valence-corrected chi connectivity index (χ1v) is 9.32. The number of ether oxygens (including phenoxy) is 1. The van der Waals surface area contributed by atoms with E-state index in [2.05, 4.69) is 5.32 Å². The first kappa shape index (κ1) is 15.4. The average molecular weight is 308 g/mol. The van der Waals surface area contributed by atoms with Crippen LogP contribution in [0.3, 0.4) is 0 Å². The Labute approximate surface area is 132 Å². The van der Waals surface area contributed by atoms with Crippen molar-refractivity contribution in [1.29, 1.82) is 0 Å². The Hall–Kier alpha value is -0.450. The van der Waals surface area contributed by atoms with E-state index in [0.717, 1.165) is 6.54 Å². The molecule has 0 spiro atoms. The Morgan fingerprint density at radius 1 is 1.24 bits per heavy atom. The summed E-state index contributed by atoms with van der Waals surface area (Å²) in [6.07, 6.45) is 10.8. The summed E-state index contributed by atoms with van der Waals surface area (Å²) in [4.78, 5) is 6.57. The maximum absolute atomic E-state index is 5.88. The van der Waals surface area contributed by atoms with Crippen LogP contribution in [0.5, 0.6) is 0 Å². The van der Waals surface area contributed by atoms with E-state index in [1.54, 1.807) is 0 Å². The van der Waals surface area contributed by atoms with Crippen LogP contribution in [-0.2, 0) is 11.2 Å². The molecule has 0 amide bonds. The second-order valence-corrected chi connectivity index (χ2v) is 7.68. The molecule has 0 aromatic carbocycles. The Kier molecular flexibility index (Phi) is 5.30. The predicted molar refractivity (Wildman–Crippen MR) is 88.0 cm³/mol. The third-order valence-electron chi connectivity index (χ3n) is 5.11. The van der Waals surface area contributed by atoms with Crippen LogP contribution in [-0.4, -0.2) is 25.7 Å². The molecular formula is C17H28N2OS. The van der Waals surface area contributed by atoms with Gasteiger partial charge in [0.1, 0.15) is 11.1 Å². The second kappa shape index (κ2) is 7.21. The molecule has 21 heavy (non-hydrogen) atoms. The first-order chi connectivity index (χ1) is 10.3. The van der Waals surface area contributed by atoms with E-state index in [4.69, 9.17) is 9.72 Å². The van der Waals surface area contributed by atoms with Crippen molar-refractivity contribution in [3.8, 4) is 0 Å². The predicted octanol–water partition coefficient (Wildman–Crippen LogP) is 4.05. The van der Waals surface area contributed by atoms with Gasteiger partial charge in [-0.3, -0.25) is 0 Å². The smallest absolute Gasteiger partial charge is 0.122 e. The van der Waals surface area contributed by atoms with Gasteiger partial charge in [-0.2, -0.15) is 0 Å². The van der Waals surface area contributed by atoms with Gasteiger partial charge in [-0.1, -0.05) is 19.3 Å². The highest BCUT2D eigenvalue weighted by Crippen LogP contribution is 2.42. The lowest BCUT2D eigenvalue weighted by molar-refractivity contribution is 0.0351. The van der Waals surface area contributed by atoms with Crippen molar-refractivity contribution in [3.05, 3.63) is 15.6 Å². The fraction of sp³-hybridized carbons (Fsp3) is 0.824. The molecule has 1 N–H and O–H groups in total. The third-order valence-corrected chi connectivity index (χ3v) is 6.31. The first-order valence-electron chi connectivity index (χ1n) is 8.50. The molecule has 0 bridgehead atoms. The van der Waals surface area contributed by atoms with Gasteiger partial charge >= 0.3 is 0 Å². The molecule has 0 saturated heterocycles. The second-order valence-electron chi connectivity index (χ2n) is 6.56. The van der Waals surface area contributed by atoms with Gasteiger partial charge in [0, 0.05) is 24.4 Å². The molecule has 2 aliphatic carbocycles. The van der Waals surface area contributed by atoms with Crippen LogP contribution in [0.2, 0.25) is 0 Å². The van der Waals surface area contributed by atoms with E-state index in [1.165, 1.54) is 66.9 Å². The number of nitrogens with one attached hydrogen (secondary N) is 1. The minimum Gasteiger partial charge on any atom is -0.374 e. The van der Waals surface area contributed by atoms with E-state index in [-0.39, 0.29) is 6.10 Å². The van der Waals surface area contributed by atoms with Crippen molar-refractivity contribution in [2.75, 3.05) is 20.7 Å². The number of thiazole rings is 1. The van der Waals surface area contributed by atoms with Gasteiger partial charge in [-0.15, -0.1) is 11.3 Å².